The highest BCUT2D eigenvalue weighted by Crippen LogP contribution is 2.33. The fraction of sp³-hybridized carbons (Fsp3) is 0.143. The van der Waals surface area contributed by atoms with Crippen molar-refractivity contribution in [3.8, 4) is 17.6 Å². The lowest BCUT2D eigenvalue weighted by Crippen LogP contribution is -2.13. The molecular weight excluding hydrogens is 364 g/mol. The summed E-state index contributed by atoms with van der Waals surface area (Å²) in [6, 6.07) is 11.8. The van der Waals surface area contributed by atoms with Crippen LogP contribution in [0.1, 0.15) is 18.1 Å². The van der Waals surface area contributed by atoms with Crippen molar-refractivity contribution in [3.63, 3.8) is 0 Å². The molecule has 2 aromatic rings. The van der Waals surface area contributed by atoms with Gasteiger partial charge in [-0.3, -0.25) is 4.79 Å². The van der Waals surface area contributed by atoms with Gasteiger partial charge in [0.1, 0.15) is 11.6 Å². The number of rotatable bonds is 7. The lowest BCUT2D eigenvalue weighted by Gasteiger charge is -2.11. The number of nitrogens with one attached hydrogen (secondary N) is 1. The molecule has 0 aliphatic carbocycles. The van der Waals surface area contributed by atoms with E-state index in [1.165, 1.54) is 6.08 Å². The molecule has 0 atom stereocenters. The minimum absolute atomic E-state index is 0.0239. The summed E-state index contributed by atoms with van der Waals surface area (Å²) < 4.78 is 5.44. The lowest BCUT2D eigenvalue weighted by molar-refractivity contribution is -0.112. The number of benzene rings is 2. The molecule has 2 rings (SSSR count). The summed E-state index contributed by atoms with van der Waals surface area (Å²) >= 11 is 5.90. The number of amides is 1. The molecule has 2 N–H and O–H groups in total. The molecule has 0 aliphatic rings. The number of ether oxygens (including phenoxy) is 1. The van der Waals surface area contributed by atoms with E-state index in [1.54, 1.807) is 49.4 Å². The second kappa shape index (κ2) is 9.46. The van der Waals surface area contributed by atoms with Crippen LogP contribution in [0, 0.1) is 11.3 Å². The fourth-order valence-electron chi connectivity index (χ4n) is 2.43. The zero-order valence-corrected chi connectivity index (χ0v) is 15.6. The smallest absolute Gasteiger partial charge is 0.266 e. The van der Waals surface area contributed by atoms with Crippen molar-refractivity contribution in [1.82, 2.24) is 0 Å². The van der Waals surface area contributed by atoms with Crippen LogP contribution >= 0.6 is 11.6 Å². The Kier molecular flexibility index (Phi) is 7.04. The van der Waals surface area contributed by atoms with E-state index in [2.05, 4.69) is 11.9 Å². The zero-order valence-electron chi connectivity index (χ0n) is 14.8. The Labute approximate surface area is 163 Å². The van der Waals surface area contributed by atoms with Gasteiger partial charge in [0.25, 0.3) is 5.91 Å². The van der Waals surface area contributed by atoms with E-state index in [-0.39, 0.29) is 17.1 Å². The monoisotopic (exact) mass is 382 g/mol. The van der Waals surface area contributed by atoms with Crippen molar-refractivity contribution in [3.05, 3.63) is 70.8 Å². The Morgan fingerprint density at radius 1 is 1.41 bits per heavy atom. The van der Waals surface area contributed by atoms with Gasteiger partial charge >= 0.3 is 0 Å². The van der Waals surface area contributed by atoms with Crippen LogP contribution in [-0.4, -0.2) is 17.6 Å². The van der Waals surface area contributed by atoms with Gasteiger partial charge in [-0.05, 0) is 55.3 Å². The number of nitriles is 1. The first-order valence-corrected chi connectivity index (χ1v) is 8.64. The van der Waals surface area contributed by atoms with E-state index in [1.807, 2.05) is 6.07 Å². The Hall–Kier alpha value is -3.23. The van der Waals surface area contributed by atoms with E-state index < -0.39 is 5.91 Å². The van der Waals surface area contributed by atoms with Gasteiger partial charge in [-0.1, -0.05) is 23.7 Å². The van der Waals surface area contributed by atoms with Crippen molar-refractivity contribution >= 4 is 29.3 Å². The summed E-state index contributed by atoms with van der Waals surface area (Å²) in [6.45, 7) is 5.84. The molecule has 0 spiro atoms. The highest BCUT2D eigenvalue weighted by molar-refractivity contribution is 6.31. The number of carbonyl (C=O) groups is 1. The lowest BCUT2D eigenvalue weighted by atomic mass is 10.0. The number of aromatic hydroxyl groups is 1. The number of allylic oxidation sites excluding steroid dienone is 1. The zero-order chi connectivity index (χ0) is 19.8. The van der Waals surface area contributed by atoms with Crippen LogP contribution in [0.15, 0.2) is 54.6 Å². The number of phenolic OH excluding ortho intramolecular Hbond substituents is 1. The van der Waals surface area contributed by atoms with E-state index in [0.717, 1.165) is 0 Å². The summed E-state index contributed by atoms with van der Waals surface area (Å²) in [7, 11) is 0. The van der Waals surface area contributed by atoms with Crippen molar-refractivity contribution in [1.29, 1.82) is 5.26 Å². The Morgan fingerprint density at radius 2 is 2.19 bits per heavy atom. The Bertz CT molecular complexity index is 930. The van der Waals surface area contributed by atoms with Crippen LogP contribution in [0.2, 0.25) is 5.02 Å². The van der Waals surface area contributed by atoms with Crippen LogP contribution in [0.3, 0.4) is 0 Å². The minimum atomic E-state index is -0.559. The van der Waals surface area contributed by atoms with Crippen LogP contribution in [0.4, 0.5) is 5.69 Å². The highest BCUT2D eigenvalue weighted by Gasteiger charge is 2.13. The van der Waals surface area contributed by atoms with Gasteiger partial charge in [0.05, 0.1) is 6.61 Å². The van der Waals surface area contributed by atoms with Gasteiger partial charge in [0.15, 0.2) is 11.5 Å². The first-order valence-electron chi connectivity index (χ1n) is 8.26. The van der Waals surface area contributed by atoms with Gasteiger partial charge in [-0.2, -0.15) is 5.26 Å². The van der Waals surface area contributed by atoms with Gasteiger partial charge < -0.3 is 15.2 Å². The molecule has 5 nitrogen and oxygen atoms in total. The van der Waals surface area contributed by atoms with Gasteiger partial charge in [-0.15, -0.1) is 6.58 Å². The normalized spacial score (nSPS) is 10.8. The number of carbonyl (C=O) groups excluding carboxylic acids is 1. The van der Waals surface area contributed by atoms with E-state index in [0.29, 0.717) is 34.9 Å². The molecule has 138 valence electrons. The number of halogens is 1. The van der Waals surface area contributed by atoms with Crippen LogP contribution in [0.5, 0.6) is 11.5 Å². The first kappa shape index (κ1) is 20.1. The number of anilines is 1. The van der Waals surface area contributed by atoms with Gasteiger partial charge in [0, 0.05) is 16.3 Å². The van der Waals surface area contributed by atoms with E-state index in [4.69, 9.17) is 16.3 Å². The summed E-state index contributed by atoms with van der Waals surface area (Å²) in [6.07, 6.45) is 3.51. The van der Waals surface area contributed by atoms with E-state index in [9.17, 15) is 15.2 Å². The quantitative estimate of drug-likeness (QED) is 0.412. The maximum atomic E-state index is 12.4. The van der Waals surface area contributed by atoms with Crippen LogP contribution in [0.25, 0.3) is 6.08 Å². The molecule has 0 fully saturated rings. The number of phenols is 1. The molecule has 2 aromatic carbocycles. The Balaban J connectivity index is 2.36. The van der Waals surface area contributed by atoms with Crippen molar-refractivity contribution < 1.29 is 14.6 Å². The van der Waals surface area contributed by atoms with Gasteiger partial charge in [-0.25, -0.2) is 0 Å². The summed E-state index contributed by atoms with van der Waals surface area (Å²) in [5.41, 5.74) is 1.55. The minimum Gasteiger partial charge on any atom is -0.504 e. The second-order valence-corrected chi connectivity index (χ2v) is 6.02. The van der Waals surface area contributed by atoms with Crippen LogP contribution in [-0.2, 0) is 11.2 Å². The molecule has 27 heavy (non-hydrogen) atoms. The number of hydrogen-bond acceptors (Lipinski definition) is 4. The standard InChI is InChI=1S/C21H19ClN2O3/c1-3-6-15-9-14(11-19(20(15)25)27-4-2)10-16(13-23)21(26)24-18-8-5-7-17(22)12-18/h3,5,7-12,25H,1,4,6H2,2H3,(H,24,26). The molecule has 0 saturated carbocycles. The maximum absolute atomic E-state index is 12.4. The molecule has 0 aromatic heterocycles. The van der Waals surface area contributed by atoms with Crippen molar-refractivity contribution in [2.75, 3.05) is 11.9 Å². The summed E-state index contributed by atoms with van der Waals surface area (Å²) in [4.78, 5) is 12.4. The van der Waals surface area contributed by atoms with Crippen molar-refractivity contribution in [2.24, 2.45) is 0 Å². The van der Waals surface area contributed by atoms with E-state index >= 15 is 0 Å². The summed E-state index contributed by atoms with van der Waals surface area (Å²) in [5, 5.41) is 22.7. The predicted molar refractivity (Wildman–Crippen MR) is 107 cm³/mol. The first-order chi connectivity index (χ1) is 13.0. The predicted octanol–water partition coefficient (Wildman–Crippen LogP) is 4.72. The second-order valence-electron chi connectivity index (χ2n) is 5.59. The molecule has 0 radical (unpaired) electrons. The number of nitrogens with zero attached hydrogens (tertiary/aromatic N) is 1. The molecule has 6 heteroatoms. The van der Waals surface area contributed by atoms with Crippen LogP contribution < -0.4 is 10.1 Å². The average molecular weight is 383 g/mol. The largest absolute Gasteiger partial charge is 0.504 e. The third-order valence-electron chi connectivity index (χ3n) is 3.60. The summed E-state index contributed by atoms with van der Waals surface area (Å²) in [5.74, 6) is -0.248. The third kappa shape index (κ3) is 5.37. The molecule has 0 aliphatic heterocycles. The molecule has 0 saturated heterocycles. The SMILES string of the molecule is C=CCc1cc(C=C(C#N)C(=O)Nc2cccc(Cl)c2)cc(OCC)c1O. The number of hydrogen-bond donors (Lipinski definition) is 2. The Morgan fingerprint density at radius 3 is 2.81 bits per heavy atom. The molecular formula is C21H19ClN2O3. The maximum Gasteiger partial charge on any atom is 0.266 e. The fourth-order valence-corrected chi connectivity index (χ4v) is 2.62. The highest BCUT2D eigenvalue weighted by atomic mass is 35.5. The van der Waals surface area contributed by atoms with Crippen molar-refractivity contribution in [2.45, 2.75) is 13.3 Å². The third-order valence-corrected chi connectivity index (χ3v) is 3.83. The molecule has 1 amide bonds. The average Bonchev–Trinajstić information content (AvgIpc) is 2.63. The molecule has 0 unspecified atom stereocenters. The van der Waals surface area contributed by atoms with Gasteiger partial charge in [0.2, 0.25) is 0 Å². The topological polar surface area (TPSA) is 82.4 Å². The molecule has 0 heterocycles. The molecule has 0 bridgehead atoms.